The van der Waals surface area contributed by atoms with Crippen molar-refractivity contribution in [3.05, 3.63) is 29.6 Å². The van der Waals surface area contributed by atoms with Gasteiger partial charge in [0.25, 0.3) is 0 Å². The number of nitrogens with one attached hydrogen (secondary N) is 1. The number of rotatable bonds is 4. The van der Waals surface area contributed by atoms with E-state index in [-0.39, 0.29) is 12.2 Å². The largest absolute Gasteiger partial charge is 0.479 e. The molecule has 0 radical (unpaired) electrons. The first-order valence-electron chi connectivity index (χ1n) is 4.79. The van der Waals surface area contributed by atoms with Gasteiger partial charge in [-0.05, 0) is 25.5 Å². The van der Waals surface area contributed by atoms with Crippen molar-refractivity contribution in [3.63, 3.8) is 0 Å². The molecule has 0 saturated heterocycles. The zero-order chi connectivity index (χ0) is 12.3. The summed E-state index contributed by atoms with van der Waals surface area (Å²) in [6, 6.07) is 4.52. The molecule has 0 spiro atoms. The molecule has 1 aromatic carbocycles. The van der Waals surface area contributed by atoms with Crippen molar-refractivity contribution in [3.8, 4) is 0 Å². The summed E-state index contributed by atoms with van der Waals surface area (Å²) < 4.78 is 13.3. The van der Waals surface area contributed by atoms with E-state index >= 15 is 0 Å². The second-order valence-corrected chi connectivity index (χ2v) is 3.86. The first kappa shape index (κ1) is 12.4. The lowest BCUT2D eigenvalue weighted by Crippen LogP contribution is -2.42. The first-order valence-corrected chi connectivity index (χ1v) is 4.79. The predicted molar refractivity (Wildman–Crippen MR) is 57.9 cm³/mol. The van der Waals surface area contributed by atoms with Crippen molar-refractivity contribution in [1.82, 2.24) is 0 Å². The van der Waals surface area contributed by atoms with Gasteiger partial charge >= 0.3 is 5.97 Å². The fourth-order valence-electron chi connectivity index (χ4n) is 1.19. The fraction of sp³-hybridized carbons (Fsp3) is 0.364. The van der Waals surface area contributed by atoms with E-state index in [2.05, 4.69) is 5.32 Å². The molecule has 0 aromatic heterocycles. The van der Waals surface area contributed by atoms with Crippen LogP contribution < -0.4 is 5.32 Å². The molecule has 0 bridgehead atoms. The summed E-state index contributed by atoms with van der Waals surface area (Å²) in [5.74, 6) is -1.82. The minimum Gasteiger partial charge on any atom is -0.479 e. The Balaban J connectivity index is 2.79. The van der Waals surface area contributed by atoms with Gasteiger partial charge in [0, 0.05) is 0 Å². The molecule has 1 aromatic rings. The lowest BCUT2D eigenvalue weighted by atomic mass is 10.1. The molecule has 1 atom stereocenters. The molecule has 0 aliphatic carbocycles. The maximum absolute atomic E-state index is 13.3. The highest BCUT2D eigenvalue weighted by atomic mass is 19.1. The van der Waals surface area contributed by atoms with Crippen molar-refractivity contribution in [2.75, 3.05) is 11.9 Å². The van der Waals surface area contributed by atoms with Gasteiger partial charge < -0.3 is 15.5 Å². The molecule has 16 heavy (non-hydrogen) atoms. The fourth-order valence-corrected chi connectivity index (χ4v) is 1.19. The molecule has 1 rings (SSSR count). The molecule has 5 heteroatoms. The van der Waals surface area contributed by atoms with Gasteiger partial charge in [-0.2, -0.15) is 0 Å². The third-order valence-electron chi connectivity index (χ3n) is 2.29. The highest BCUT2D eigenvalue weighted by Gasteiger charge is 2.29. The number of anilines is 1. The van der Waals surface area contributed by atoms with Crippen LogP contribution in [0.2, 0.25) is 0 Å². The van der Waals surface area contributed by atoms with Crippen LogP contribution in [0.25, 0.3) is 0 Å². The topological polar surface area (TPSA) is 69.6 Å². The monoisotopic (exact) mass is 227 g/mol. The molecular weight excluding hydrogens is 213 g/mol. The third kappa shape index (κ3) is 2.70. The number of carboxylic acid groups (broad SMARTS) is 1. The number of carbonyl (C=O) groups is 1. The summed E-state index contributed by atoms with van der Waals surface area (Å²) in [6.07, 6.45) is 0. The SMILES string of the molecule is Cc1cccc(F)c1NCC(C)(O)C(=O)O. The third-order valence-corrected chi connectivity index (χ3v) is 2.29. The van der Waals surface area contributed by atoms with Crippen LogP contribution in [-0.4, -0.2) is 28.3 Å². The van der Waals surface area contributed by atoms with Crippen LogP contribution in [0.4, 0.5) is 10.1 Å². The van der Waals surface area contributed by atoms with Crippen molar-refractivity contribution < 1.29 is 19.4 Å². The summed E-state index contributed by atoms with van der Waals surface area (Å²) in [5, 5.41) is 20.7. The van der Waals surface area contributed by atoms with Gasteiger partial charge in [-0.1, -0.05) is 12.1 Å². The maximum atomic E-state index is 13.3. The lowest BCUT2D eigenvalue weighted by Gasteiger charge is -2.20. The normalized spacial score (nSPS) is 14.2. The van der Waals surface area contributed by atoms with Crippen LogP contribution in [0.15, 0.2) is 18.2 Å². The van der Waals surface area contributed by atoms with E-state index in [1.165, 1.54) is 6.07 Å². The highest BCUT2D eigenvalue weighted by Crippen LogP contribution is 2.19. The number of hydrogen-bond acceptors (Lipinski definition) is 3. The van der Waals surface area contributed by atoms with E-state index < -0.39 is 17.4 Å². The van der Waals surface area contributed by atoms with Crippen molar-refractivity contribution in [2.24, 2.45) is 0 Å². The Labute approximate surface area is 92.7 Å². The zero-order valence-electron chi connectivity index (χ0n) is 9.12. The quantitative estimate of drug-likeness (QED) is 0.726. The van der Waals surface area contributed by atoms with Gasteiger partial charge in [-0.25, -0.2) is 9.18 Å². The highest BCUT2D eigenvalue weighted by molar-refractivity contribution is 5.77. The number of benzene rings is 1. The Morgan fingerprint density at radius 3 is 2.69 bits per heavy atom. The standard InChI is InChI=1S/C11H14FNO3/c1-7-4-3-5-8(12)9(7)13-6-11(2,16)10(14)15/h3-5,13,16H,6H2,1-2H3,(H,14,15). The summed E-state index contributed by atoms with van der Waals surface area (Å²) in [6.45, 7) is 2.59. The molecule has 0 heterocycles. The van der Waals surface area contributed by atoms with Crippen LogP contribution in [0.1, 0.15) is 12.5 Å². The summed E-state index contributed by atoms with van der Waals surface area (Å²) in [7, 11) is 0. The van der Waals surface area contributed by atoms with Crippen LogP contribution in [-0.2, 0) is 4.79 Å². The summed E-state index contributed by atoms with van der Waals surface area (Å²) in [4.78, 5) is 10.6. The molecule has 88 valence electrons. The Morgan fingerprint density at radius 1 is 1.56 bits per heavy atom. The van der Waals surface area contributed by atoms with E-state index in [1.54, 1.807) is 19.1 Å². The second-order valence-electron chi connectivity index (χ2n) is 3.86. The molecular formula is C11H14FNO3. The Hall–Kier alpha value is -1.62. The number of aliphatic hydroxyl groups is 1. The molecule has 0 aliphatic rings. The smallest absolute Gasteiger partial charge is 0.337 e. The average Bonchev–Trinajstić information content (AvgIpc) is 2.16. The van der Waals surface area contributed by atoms with Gasteiger partial charge in [0.15, 0.2) is 5.60 Å². The summed E-state index contributed by atoms with van der Waals surface area (Å²) in [5.41, 5.74) is -1.06. The zero-order valence-corrected chi connectivity index (χ0v) is 9.12. The van der Waals surface area contributed by atoms with E-state index in [1.807, 2.05) is 0 Å². The minimum absolute atomic E-state index is 0.212. The Morgan fingerprint density at radius 2 is 2.19 bits per heavy atom. The van der Waals surface area contributed by atoms with Crippen LogP contribution in [0.5, 0.6) is 0 Å². The van der Waals surface area contributed by atoms with Gasteiger partial charge in [0.05, 0.1) is 12.2 Å². The lowest BCUT2D eigenvalue weighted by molar-refractivity contribution is -0.155. The molecule has 0 saturated carbocycles. The summed E-state index contributed by atoms with van der Waals surface area (Å²) >= 11 is 0. The van der Waals surface area contributed by atoms with E-state index in [0.29, 0.717) is 5.56 Å². The molecule has 4 nitrogen and oxygen atoms in total. The van der Waals surface area contributed by atoms with Gasteiger partial charge in [0.1, 0.15) is 5.82 Å². The number of aliphatic carboxylic acids is 1. The van der Waals surface area contributed by atoms with Crippen LogP contribution >= 0.6 is 0 Å². The number of hydrogen-bond donors (Lipinski definition) is 3. The molecule has 1 unspecified atom stereocenters. The maximum Gasteiger partial charge on any atom is 0.337 e. The average molecular weight is 227 g/mol. The van der Waals surface area contributed by atoms with Crippen molar-refractivity contribution in [1.29, 1.82) is 0 Å². The van der Waals surface area contributed by atoms with Crippen molar-refractivity contribution >= 4 is 11.7 Å². The van der Waals surface area contributed by atoms with Gasteiger partial charge in [0.2, 0.25) is 0 Å². The van der Waals surface area contributed by atoms with E-state index in [0.717, 1.165) is 6.92 Å². The molecule has 0 aliphatic heterocycles. The van der Waals surface area contributed by atoms with E-state index in [4.69, 9.17) is 5.11 Å². The van der Waals surface area contributed by atoms with E-state index in [9.17, 15) is 14.3 Å². The van der Waals surface area contributed by atoms with Gasteiger partial charge in [-0.15, -0.1) is 0 Å². The van der Waals surface area contributed by atoms with Crippen LogP contribution in [0.3, 0.4) is 0 Å². The van der Waals surface area contributed by atoms with Gasteiger partial charge in [-0.3, -0.25) is 0 Å². The Kier molecular flexibility index (Phi) is 3.49. The molecule has 0 amide bonds. The first-order chi connectivity index (χ1) is 7.34. The van der Waals surface area contributed by atoms with Crippen molar-refractivity contribution in [2.45, 2.75) is 19.4 Å². The minimum atomic E-state index is -1.92. The number of para-hydroxylation sites is 1. The molecule has 3 N–H and O–H groups in total. The number of halogens is 1. The second kappa shape index (κ2) is 4.49. The Bertz CT molecular complexity index is 384. The molecule has 0 fully saturated rings. The van der Waals surface area contributed by atoms with Crippen LogP contribution in [0, 0.1) is 12.7 Å². The number of carboxylic acids is 1. The number of aryl methyl sites for hydroxylation is 1. The predicted octanol–water partition coefficient (Wildman–Crippen LogP) is 1.38.